The Labute approximate surface area is 267 Å². The summed E-state index contributed by atoms with van der Waals surface area (Å²) in [5.74, 6) is -1.32. The highest BCUT2D eigenvalue weighted by atomic mass is 16.5. The fourth-order valence-corrected chi connectivity index (χ4v) is 3.62. The van der Waals surface area contributed by atoms with Crippen LogP contribution in [0.2, 0.25) is 0 Å². The van der Waals surface area contributed by atoms with Crippen molar-refractivity contribution in [1.29, 1.82) is 0 Å². The lowest BCUT2D eigenvalue weighted by atomic mass is 9.97. The third kappa shape index (κ3) is 9.52. The van der Waals surface area contributed by atoms with Crippen molar-refractivity contribution < 1.29 is 42.9 Å². The molecule has 0 amide bonds. The quantitative estimate of drug-likeness (QED) is 0.0451. The molecule has 0 bridgehead atoms. The molecule has 0 atom stereocenters. The number of ketones is 1. The summed E-state index contributed by atoms with van der Waals surface area (Å²) in [4.78, 5) is 49.8. The molecule has 0 spiro atoms. The first-order valence-electron chi connectivity index (χ1n) is 14.0. The van der Waals surface area contributed by atoms with Gasteiger partial charge in [-0.15, -0.1) is 0 Å². The van der Waals surface area contributed by atoms with Gasteiger partial charge in [-0.05, 0) is 81.8 Å². The van der Waals surface area contributed by atoms with Crippen molar-refractivity contribution in [2.45, 2.75) is 27.7 Å². The predicted molar refractivity (Wildman–Crippen MR) is 174 cm³/mol. The van der Waals surface area contributed by atoms with Crippen molar-refractivity contribution in [3.63, 3.8) is 0 Å². The summed E-state index contributed by atoms with van der Waals surface area (Å²) >= 11 is 0. The summed E-state index contributed by atoms with van der Waals surface area (Å²) in [6.07, 6.45) is 5.95. The molecule has 3 aromatic carbocycles. The van der Waals surface area contributed by atoms with E-state index in [1.807, 2.05) is 13.0 Å². The van der Waals surface area contributed by atoms with Crippen LogP contribution in [0.5, 0.6) is 23.0 Å². The second-order valence-electron chi connectivity index (χ2n) is 10.0. The zero-order chi connectivity index (χ0) is 33.8. The van der Waals surface area contributed by atoms with Crippen molar-refractivity contribution in [2.24, 2.45) is 0 Å². The van der Waals surface area contributed by atoms with Crippen molar-refractivity contribution >= 4 is 23.7 Å². The Morgan fingerprint density at radius 3 is 1.87 bits per heavy atom. The third-order valence-electron chi connectivity index (χ3n) is 6.07. The highest BCUT2D eigenvalue weighted by molar-refractivity contribution is 6.12. The Balaban J connectivity index is 2.02. The summed E-state index contributed by atoms with van der Waals surface area (Å²) in [6, 6.07) is 15.9. The number of ether oxygens (including phenoxy) is 5. The normalized spacial score (nSPS) is 10.7. The number of benzene rings is 3. The molecule has 46 heavy (non-hydrogen) atoms. The fraction of sp³-hybridized carbons (Fsp3) is 0.135. The first kappa shape index (κ1) is 34.5. The zero-order valence-corrected chi connectivity index (χ0v) is 26.1. The van der Waals surface area contributed by atoms with Crippen molar-refractivity contribution in [3.05, 3.63) is 133 Å². The van der Waals surface area contributed by atoms with E-state index in [-0.39, 0.29) is 46.0 Å². The van der Waals surface area contributed by atoms with Crippen molar-refractivity contribution in [1.82, 2.24) is 0 Å². The second kappa shape index (κ2) is 16.2. The fourth-order valence-electron chi connectivity index (χ4n) is 3.62. The monoisotopic (exact) mass is 622 g/mol. The summed E-state index contributed by atoms with van der Waals surface area (Å²) in [6.45, 7) is 17.3. The summed E-state index contributed by atoms with van der Waals surface area (Å²) in [7, 11) is 0. The summed E-state index contributed by atoms with van der Waals surface area (Å²) in [5.41, 5.74) is 2.13. The molecule has 9 nitrogen and oxygen atoms in total. The molecule has 0 aliphatic carbocycles. The Morgan fingerprint density at radius 2 is 1.28 bits per heavy atom. The smallest absolute Gasteiger partial charge is 0.338 e. The van der Waals surface area contributed by atoms with Crippen LogP contribution >= 0.6 is 0 Å². The van der Waals surface area contributed by atoms with Gasteiger partial charge < -0.3 is 23.7 Å². The summed E-state index contributed by atoms with van der Waals surface area (Å²) < 4.78 is 27.3. The van der Waals surface area contributed by atoms with Gasteiger partial charge in [0.15, 0.2) is 5.78 Å². The van der Waals surface area contributed by atoms with Crippen LogP contribution < -0.4 is 18.9 Å². The van der Waals surface area contributed by atoms with Gasteiger partial charge >= 0.3 is 17.9 Å². The highest BCUT2D eigenvalue weighted by Gasteiger charge is 2.22. The number of hydrogen-bond donors (Lipinski definition) is 0. The maximum atomic E-state index is 13.8. The molecule has 0 heterocycles. The van der Waals surface area contributed by atoms with Crippen molar-refractivity contribution in [2.75, 3.05) is 6.61 Å². The van der Waals surface area contributed by atoms with E-state index in [1.54, 1.807) is 36.4 Å². The van der Waals surface area contributed by atoms with E-state index in [0.29, 0.717) is 22.6 Å². The van der Waals surface area contributed by atoms with Crippen LogP contribution in [0.1, 0.15) is 43.6 Å². The maximum absolute atomic E-state index is 13.8. The molecule has 3 rings (SSSR count). The lowest BCUT2D eigenvalue weighted by Gasteiger charge is -2.17. The maximum Gasteiger partial charge on any atom is 0.338 e. The standard InChI is InChI=1S/C37H34O9/c1-8-9-18-43-32-22-31(34(38)27-12-16-29(17-13-27)45-36(40)24(4)5)33(46-37(41)25(6)7)21-30(32)26-10-14-28(15-11-26)42-19-20-44-35(39)23(2)3/h8-17,19-22H,2,4,6,18H2,1,3,5,7H3/b9-8+,20-19+. The van der Waals surface area contributed by atoms with E-state index in [0.717, 1.165) is 6.26 Å². The average Bonchev–Trinajstić information content (AvgIpc) is 3.03. The zero-order valence-electron chi connectivity index (χ0n) is 26.1. The van der Waals surface area contributed by atoms with E-state index >= 15 is 0 Å². The number of rotatable bonds is 14. The number of allylic oxidation sites excluding steroid dienone is 1. The van der Waals surface area contributed by atoms with E-state index in [4.69, 9.17) is 23.7 Å². The lowest BCUT2D eigenvalue weighted by molar-refractivity contribution is -0.133. The van der Waals surface area contributed by atoms with Gasteiger partial charge in [0, 0.05) is 27.8 Å². The summed E-state index contributed by atoms with van der Waals surface area (Å²) in [5, 5.41) is 0. The number of carbonyl (C=O) groups excluding carboxylic acids is 4. The SMILES string of the molecule is C=C(C)C(=O)O/C=C/Oc1ccc(-c2cc(OC(=O)C(=C)C)c(C(=O)c3ccc(OC(=O)C(=C)C)cc3)cc2OC/C=C/C)cc1. The van der Waals surface area contributed by atoms with E-state index < -0.39 is 23.7 Å². The molecule has 0 aliphatic rings. The van der Waals surface area contributed by atoms with Crippen LogP contribution in [0.4, 0.5) is 0 Å². The van der Waals surface area contributed by atoms with Crippen LogP contribution in [0, 0.1) is 0 Å². The molecule has 236 valence electrons. The topological polar surface area (TPSA) is 114 Å². The Hall–Kier alpha value is -5.96. The first-order valence-corrected chi connectivity index (χ1v) is 14.0. The number of hydrogen-bond acceptors (Lipinski definition) is 9. The van der Waals surface area contributed by atoms with Gasteiger partial charge in [0.1, 0.15) is 42.1 Å². The average molecular weight is 623 g/mol. The van der Waals surface area contributed by atoms with E-state index in [1.165, 1.54) is 57.4 Å². The Kier molecular flexibility index (Phi) is 12.2. The van der Waals surface area contributed by atoms with Crippen LogP contribution in [-0.4, -0.2) is 30.3 Å². The molecule has 0 saturated heterocycles. The molecule has 0 unspecified atom stereocenters. The molecule has 0 N–H and O–H groups in total. The molecule has 0 saturated carbocycles. The van der Waals surface area contributed by atoms with Gasteiger partial charge in [-0.25, -0.2) is 14.4 Å². The molecule has 0 aliphatic heterocycles. The van der Waals surface area contributed by atoms with Crippen LogP contribution in [0.15, 0.2) is 122 Å². The molecule has 0 fully saturated rings. The van der Waals surface area contributed by atoms with Crippen molar-refractivity contribution in [3.8, 4) is 34.1 Å². The Bertz CT molecular complexity index is 1720. The molecule has 0 aromatic heterocycles. The minimum absolute atomic E-state index is 0.00763. The molecule has 0 radical (unpaired) electrons. The molecular formula is C37H34O9. The third-order valence-corrected chi connectivity index (χ3v) is 6.07. The van der Waals surface area contributed by atoms with Gasteiger partial charge in [0.2, 0.25) is 0 Å². The van der Waals surface area contributed by atoms with Gasteiger partial charge in [0.25, 0.3) is 0 Å². The second-order valence-corrected chi connectivity index (χ2v) is 10.0. The Morgan fingerprint density at radius 1 is 0.696 bits per heavy atom. The largest absolute Gasteiger partial charge is 0.489 e. The van der Waals surface area contributed by atoms with Gasteiger partial charge in [-0.2, -0.15) is 0 Å². The molecular weight excluding hydrogens is 588 g/mol. The molecule has 9 heteroatoms. The minimum atomic E-state index is -0.715. The van der Waals surface area contributed by atoms with Gasteiger partial charge in [-0.1, -0.05) is 44.0 Å². The van der Waals surface area contributed by atoms with Gasteiger partial charge in [-0.3, -0.25) is 4.79 Å². The minimum Gasteiger partial charge on any atom is -0.489 e. The lowest BCUT2D eigenvalue weighted by Crippen LogP contribution is -2.13. The number of esters is 3. The predicted octanol–water partition coefficient (Wildman–Crippen LogP) is 7.47. The van der Waals surface area contributed by atoms with Crippen LogP contribution in [-0.2, 0) is 19.1 Å². The first-order chi connectivity index (χ1) is 21.9. The molecule has 3 aromatic rings. The highest BCUT2D eigenvalue weighted by Crippen LogP contribution is 2.38. The van der Waals surface area contributed by atoms with Crippen LogP contribution in [0.25, 0.3) is 11.1 Å². The van der Waals surface area contributed by atoms with Gasteiger partial charge in [0.05, 0.1) is 5.56 Å². The van der Waals surface area contributed by atoms with E-state index in [9.17, 15) is 19.2 Å². The van der Waals surface area contributed by atoms with E-state index in [2.05, 4.69) is 19.7 Å². The number of carbonyl (C=O) groups is 4. The van der Waals surface area contributed by atoms with Crippen LogP contribution in [0.3, 0.4) is 0 Å².